The van der Waals surface area contributed by atoms with Crippen molar-refractivity contribution in [2.45, 2.75) is 13.8 Å². The SMILES string of the molecule is C=CCN(CC(=O)O)C(=O)NCC(=O)N(CC)CC. The van der Waals surface area contributed by atoms with Crippen LogP contribution in [-0.2, 0) is 9.59 Å². The van der Waals surface area contributed by atoms with Crippen LogP contribution in [0.25, 0.3) is 0 Å². The van der Waals surface area contributed by atoms with E-state index in [9.17, 15) is 14.4 Å². The Balaban J connectivity index is 4.36. The quantitative estimate of drug-likeness (QED) is 0.614. The lowest BCUT2D eigenvalue weighted by atomic mass is 10.4. The van der Waals surface area contributed by atoms with Crippen LogP contribution in [-0.4, -0.2) is 65.5 Å². The maximum atomic E-state index is 11.7. The zero-order chi connectivity index (χ0) is 14.8. The van der Waals surface area contributed by atoms with E-state index in [-0.39, 0.29) is 19.0 Å². The number of carboxylic acids is 1. The third-order valence-corrected chi connectivity index (χ3v) is 2.47. The number of aliphatic carboxylic acids is 1. The lowest BCUT2D eigenvalue weighted by Crippen LogP contribution is -2.47. The Labute approximate surface area is 112 Å². The monoisotopic (exact) mass is 271 g/mol. The molecule has 0 saturated heterocycles. The van der Waals surface area contributed by atoms with Crippen molar-refractivity contribution in [2.24, 2.45) is 0 Å². The highest BCUT2D eigenvalue weighted by atomic mass is 16.4. The van der Waals surface area contributed by atoms with Gasteiger partial charge in [0.1, 0.15) is 6.54 Å². The van der Waals surface area contributed by atoms with Crippen LogP contribution in [0.4, 0.5) is 4.79 Å². The third-order valence-electron chi connectivity index (χ3n) is 2.47. The van der Waals surface area contributed by atoms with Gasteiger partial charge in [-0.1, -0.05) is 6.08 Å². The molecule has 3 amide bonds. The normalized spacial score (nSPS) is 9.58. The lowest BCUT2D eigenvalue weighted by molar-refractivity contribution is -0.137. The van der Waals surface area contributed by atoms with Gasteiger partial charge in [0, 0.05) is 19.6 Å². The van der Waals surface area contributed by atoms with Crippen LogP contribution in [0.2, 0.25) is 0 Å². The zero-order valence-electron chi connectivity index (χ0n) is 11.4. The average molecular weight is 271 g/mol. The molecule has 0 aromatic rings. The first-order valence-corrected chi connectivity index (χ1v) is 6.09. The Kier molecular flexibility index (Phi) is 7.99. The van der Waals surface area contributed by atoms with E-state index in [1.807, 2.05) is 13.8 Å². The number of hydrogen-bond acceptors (Lipinski definition) is 3. The molecule has 0 unspecified atom stereocenters. The Bertz CT molecular complexity index is 340. The molecule has 7 heteroatoms. The number of carboxylic acid groups (broad SMARTS) is 1. The molecule has 0 saturated carbocycles. The largest absolute Gasteiger partial charge is 0.480 e. The fourth-order valence-corrected chi connectivity index (χ4v) is 1.49. The molecule has 0 aliphatic rings. The van der Waals surface area contributed by atoms with E-state index in [1.54, 1.807) is 4.90 Å². The fraction of sp³-hybridized carbons (Fsp3) is 0.583. The molecule has 19 heavy (non-hydrogen) atoms. The molecule has 108 valence electrons. The van der Waals surface area contributed by atoms with Gasteiger partial charge in [-0.05, 0) is 13.8 Å². The van der Waals surface area contributed by atoms with Gasteiger partial charge in [0.05, 0.1) is 6.54 Å². The molecule has 0 atom stereocenters. The molecule has 2 N–H and O–H groups in total. The van der Waals surface area contributed by atoms with E-state index in [4.69, 9.17) is 5.11 Å². The summed E-state index contributed by atoms with van der Waals surface area (Å²) >= 11 is 0. The van der Waals surface area contributed by atoms with Gasteiger partial charge in [-0.15, -0.1) is 6.58 Å². The summed E-state index contributed by atoms with van der Waals surface area (Å²) in [4.78, 5) is 36.6. The molecule has 0 fully saturated rings. The molecule has 0 aliphatic heterocycles. The Hall–Kier alpha value is -2.05. The summed E-state index contributed by atoms with van der Waals surface area (Å²) in [6, 6.07) is -0.595. The number of likely N-dealkylation sites (N-methyl/N-ethyl adjacent to an activating group) is 1. The summed E-state index contributed by atoms with van der Waals surface area (Å²) < 4.78 is 0. The van der Waals surface area contributed by atoms with E-state index in [0.717, 1.165) is 4.90 Å². The summed E-state index contributed by atoms with van der Waals surface area (Å²) in [6.07, 6.45) is 1.43. The van der Waals surface area contributed by atoms with Crippen molar-refractivity contribution >= 4 is 17.9 Å². The van der Waals surface area contributed by atoms with Gasteiger partial charge < -0.3 is 20.2 Å². The van der Waals surface area contributed by atoms with Gasteiger partial charge in [0.2, 0.25) is 5.91 Å². The molecular formula is C12H21N3O4. The van der Waals surface area contributed by atoms with Crippen LogP contribution in [0.15, 0.2) is 12.7 Å². The van der Waals surface area contributed by atoms with Gasteiger partial charge in [-0.3, -0.25) is 9.59 Å². The summed E-state index contributed by atoms with van der Waals surface area (Å²) in [6.45, 7) is 7.80. The molecule has 0 aliphatic carbocycles. The molecule has 0 spiro atoms. The number of nitrogens with zero attached hydrogens (tertiary/aromatic N) is 2. The van der Waals surface area contributed by atoms with Crippen molar-refractivity contribution in [3.8, 4) is 0 Å². The molecule has 7 nitrogen and oxygen atoms in total. The van der Waals surface area contributed by atoms with E-state index in [1.165, 1.54) is 6.08 Å². The molecular weight excluding hydrogens is 250 g/mol. The molecule has 0 aromatic heterocycles. The molecule has 0 rings (SSSR count). The predicted octanol–water partition coefficient (Wildman–Crippen LogP) is 0.137. The highest BCUT2D eigenvalue weighted by molar-refractivity contribution is 5.85. The second kappa shape index (κ2) is 8.96. The van der Waals surface area contributed by atoms with Gasteiger partial charge in [-0.25, -0.2) is 4.79 Å². The van der Waals surface area contributed by atoms with Gasteiger partial charge in [-0.2, -0.15) is 0 Å². The van der Waals surface area contributed by atoms with E-state index in [0.29, 0.717) is 13.1 Å². The van der Waals surface area contributed by atoms with E-state index >= 15 is 0 Å². The van der Waals surface area contributed by atoms with Gasteiger partial charge in [0.25, 0.3) is 0 Å². The summed E-state index contributed by atoms with van der Waals surface area (Å²) in [5.41, 5.74) is 0. The van der Waals surface area contributed by atoms with Crippen molar-refractivity contribution < 1.29 is 19.5 Å². The van der Waals surface area contributed by atoms with Crippen molar-refractivity contribution in [1.82, 2.24) is 15.1 Å². The number of carbonyl (C=O) groups excluding carboxylic acids is 2. The van der Waals surface area contributed by atoms with Gasteiger partial charge in [0.15, 0.2) is 0 Å². The summed E-state index contributed by atoms with van der Waals surface area (Å²) in [5.74, 6) is -1.32. The van der Waals surface area contributed by atoms with E-state index < -0.39 is 18.5 Å². The maximum absolute atomic E-state index is 11.7. The van der Waals surface area contributed by atoms with Crippen LogP contribution < -0.4 is 5.32 Å². The van der Waals surface area contributed by atoms with Crippen molar-refractivity contribution in [3.05, 3.63) is 12.7 Å². The zero-order valence-corrected chi connectivity index (χ0v) is 11.4. The second-order valence-electron chi connectivity index (χ2n) is 3.79. The maximum Gasteiger partial charge on any atom is 0.323 e. The first kappa shape index (κ1) is 16.9. The number of nitrogens with one attached hydrogen (secondary N) is 1. The Morgan fingerprint density at radius 3 is 2.21 bits per heavy atom. The lowest BCUT2D eigenvalue weighted by Gasteiger charge is -2.22. The highest BCUT2D eigenvalue weighted by Crippen LogP contribution is 1.92. The van der Waals surface area contributed by atoms with Gasteiger partial charge >= 0.3 is 12.0 Å². The van der Waals surface area contributed by atoms with Crippen molar-refractivity contribution in [2.75, 3.05) is 32.7 Å². The standard InChI is InChI=1S/C12H21N3O4/c1-4-7-15(9-11(17)18)12(19)13-8-10(16)14(5-2)6-3/h4H,1,5-9H2,2-3H3,(H,13,19)(H,17,18). The van der Waals surface area contributed by atoms with Crippen LogP contribution in [0.1, 0.15) is 13.8 Å². The van der Waals surface area contributed by atoms with Crippen molar-refractivity contribution in [1.29, 1.82) is 0 Å². The highest BCUT2D eigenvalue weighted by Gasteiger charge is 2.17. The third kappa shape index (κ3) is 6.44. The minimum atomic E-state index is -1.12. The van der Waals surface area contributed by atoms with Crippen molar-refractivity contribution in [3.63, 3.8) is 0 Å². The minimum absolute atomic E-state index is 0.109. The average Bonchev–Trinajstić information content (AvgIpc) is 2.36. The molecule has 0 aromatic carbocycles. The first-order chi connectivity index (χ1) is 8.96. The number of carbonyl (C=O) groups is 3. The summed E-state index contributed by atoms with van der Waals surface area (Å²) in [5, 5.41) is 11.1. The number of hydrogen-bond donors (Lipinski definition) is 2. The molecule has 0 radical (unpaired) electrons. The Morgan fingerprint density at radius 2 is 1.79 bits per heavy atom. The van der Waals surface area contributed by atoms with E-state index in [2.05, 4.69) is 11.9 Å². The number of rotatable bonds is 8. The van der Waals surface area contributed by atoms with Crippen LogP contribution in [0, 0.1) is 0 Å². The topological polar surface area (TPSA) is 90.0 Å². The van der Waals surface area contributed by atoms with Crippen LogP contribution >= 0.6 is 0 Å². The molecule has 0 heterocycles. The Morgan fingerprint density at radius 1 is 1.21 bits per heavy atom. The van der Waals surface area contributed by atoms with Crippen LogP contribution in [0.5, 0.6) is 0 Å². The predicted molar refractivity (Wildman–Crippen MR) is 70.7 cm³/mol. The molecule has 0 bridgehead atoms. The van der Waals surface area contributed by atoms with Crippen LogP contribution in [0.3, 0.4) is 0 Å². The minimum Gasteiger partial charge on any atom is -0.480 e. The second-order valence-corrected chi connectivity index (χ2v) is 3.79. The first-order valence-electron chi connectivity index (χ1n) is 6.09. The number of urea groups is 1. The smallest absolute Gasteiger partial charge is 0.323 e. The summed E-state index contributed by atoms with van der Waals surface area (Å²) in [7, 11) is 0. The number of amides is 3. The fourth-order valence-electron chi connectivity index (χ4n) is 1.49.